The van der Waals surface area contributed by atoms with E-state index in [-0.39, 0.29) is 107 Å². The molecule has 0 bridgehead atoms. The van der Waals surface area contributed by atoms with Crippen LogP contribution in [0.25, 0.3) is 0 Å². The minimum atomic E-state index is -0.302. The van der Waals surface area contributed by atoms with Gasteiger partial charge in [-0.3, -0.25) is 0 Å². The molecule has 4 rings (SSSR count). The molecule has 0 aliphatic heterocycles. The summed E-state index contributed by atoms with van der Waals surface area (Å²) in [7, 11) is 13.7. The Hall–Kier alpha value is 0.320. The number of halogens is 8. The third-order valence-corrected chi connectivity index (χ3v) is 10.9. The number of hydrogen-bond donors (Lipinski definition) is 0. The van der Waals surface area contributed by atoms with Gasteiger partial charge in [-0.05, 0) is 98.5 Å². The van der Waals surface area contributed by atoms with Crippen LogP contribution in [0.5, 0.6) is 34.5 Å². The molecule has 0 unspecified atom stereocenters. The topological polar surface area (TPSA) is 64.6 Å². The van der Waals surface area contributed by atoms with Crippen molar-refractivity contribution in [3.8, 4) is 34.5 Å². The van der Waals surface area contributed by atoms with Gasteiger partial charge in [0.25, 0.3) is 0 Å². The smallest absolute Gasteiger partial charge is 1.00 e. The zero-order valence-corrected chi connectivity index (χ0v) is 51.3. The molecule has 0 aromatic heterocycles. The van der Waals surface area contributed by atoms with Crippen molar-refractivity contribution in [1.82, 2.24) is 0 Å². The van der Waals surface area contributed by atoms with Gasteiger partial charge < -0.3 is 53.5 Å². The van der Waals surface area contributed by atoms with E-state index < -0.39 is 0 Å². The Kier molecular flexibility index (Phi) is 46.2. The first-order valence-corrected chi connectivity index (χ1v) is 24.3. The summed E-state index contributed by atoms with van der Waals surface area (Å²) >= 11 is 34.7. The van der Waals surface area contributed by atoms with Gasteiger partial charge in [-0.25, -0.2) is 0 Å². The summed E-state index contributed by atoms with van der Waals surface area (Å²) in [6.07, 6.45) is 22.9. The Morgan fingerprint density at radius 3 is 0.864 bits per heavy atom. The summed E-state index contributed by atoms with van der Waals surface area (Å²) < 4.78 is 13.0. The third-order valence-electron chi connectivity index (χ3n) is 9.40. The zero-order valence-electron chi connectivity index (χ0n) is 41.2. The van der Waals surface area contributed by atoms with Gasteiger partial charge in [-0.2, -0.15) is 0 Å². The summed E-state index contributed by atoms with van der Waals surface area (Å²) in [5, 5.41) is 25.5. The average molecular weight is 1090 g/mol. The maximum atomic E-state index is 11.5. The first kappa shape index (κ1) is 72.9. The largest absolute Gasteiger partial charge is 1.00 e. The van der Waals surface area contributed by atoms with Crippen molar-refractivity contribution >= 4 is 69.6 Å². The van der Waals surface area contributed by atoms with Gasteiger partial charge in [0.15, 0.2) is 0 Å². The molecular formula is C50H72Cl8N2Na2O4. The quantitative estimate of drug-likeness (QED) is 0.0651. The van der Waals surface area contributed by atoms with Crippen molar-refractivity contribution in [1.29, 1.82) is 0 Å². The van der Waals surface area contributed by atoms with Gasteiger partial charge in [-0.1, -0.05) is 172 Å². The van der Waals surface area contributed by atoms with Crippen LogP contribution in [0.15, 0.2) is 72.8 Å². The Labute approximate surface area is 486 Å². The van der Waals surface area contributed by atoms with E-state index in [2.05, 4.69) is 56.1 Å². The normalized spacial score (nSPS) is 10.4. The van der Waals surface area contributed by atoms with Crippen molar-refractivity contribution in [3.05, 3.63) is 103 Å². The average Bonchev–Trinajstić information content (AvgIpc) is 3.18. The molecule has 16 heteroatoms. The van der Waals surface area contributed by atoms with Crippen molar-refractivity contribution in [2.75, 3.05) is 55.4 Å². The molecule has 0 aliphatic rings. The van der Waals surface area contributed by atoms with Gasteiger partial charge in [0.2, 0.25) is 0 Å². The number of quaternary nitrogens is 2. The second-order valence-corrected chi connectivity index (χ2v) is 20.1. The predicted octanol–water partition coefficient (Wildman–Crippen LogP) is 4.71. The van der Waals surface area contributed by atoms with Gasteiger partial charge in [0.1, 0.15) is 23.0 Å². The minimum Gasteiger partial charge on any atom is -1.00 e. The maximum Gasteiger partial charge on any atom is 1.00 e. The molecule has 0 aliphatic carbocycles. The molecule has 0 heterocycles. The van der Waals surface area contributed by atoms with Crippen LogP contribution in [-0.2, 0) is 0 Å². The van der Waals surface area contributed by atoms with E-state index in [1.54, 1.807) is 48.5 Å². The van der Waals surface area contributed by atoms with Gasteiger partial charge in [0, 0.05) is 20.1 Å². The van der Waals surface area contributed by atoms with E-state index in [1.807, 2.05) is 0 Å². The van der Waals surface area contributed by atoms with Crippen LogP contribution in [-0.4, -0.2) is 64.3 Å². The molecule has 0 saturated heterocycles. The monoisotopic (exact) mass is 1090 g/mol. The van der Waals surface area contributed by atoms with Crippen LogP contribution >= 0.6 is 69.6 Å². The molecule has 4 aromatic carbocycles. The summed E-state index contributed by atoms with van der Waals surface area (Å²) in [6, 6.07) is 18.2. The summed E-state index contributed by atoms with van der Waals surface area (Å²) in [5.41, 5.74) is 0. The Bertz CT molecular complexity index is 1600. The van der Waals surface area contributed by atoms with Crippen molar-refractivity contribution in [2.24, 2.45) is 0 Å². The number of benzene rings is 4. The van der Waals surface area contributed by atoms with Crippen LogP contribution in [0.1, 0.15) is 117 Å². The fourth-order valence-corrected chi connectivity index (χ4v) is 7.14. The Morgan fingerprint density at radius 1 is 0.379 bits per heavy atom. The third kappa shape index (κ3) is 38.1. The SMILES string of the molecule is CCCCCCCCCC[N+](C)(C)C.CCCCCCCCCC[N+](C)(C)C.[Cl-].[Cl-].[Na+].[Na+].[O-]c1cc(Cl)ccc1Oc1ccc(Cl)cc1Cl.[O-]c1cc(Cl)ccc1Oc1ccc(Cl)cc1Cl. The minimum absolute atomic E-state index is 0. The van der Waals surface area contributed by atoms with Gasteiger partial charge in [0.05, 0.1) is 65.4 Å². The van der Waals surface area contributed by atoms with Gasteiger partial charge in [-0.15, -0.1) is 0 Å². The van der Waals surface area contributed by atoms with Crippen LogP contribution in [0.4, 0.5) is 0 Å². The van der Waals surface area contributed by atoms with E-state index in [9.17, 15) is 10.2 Å². The molecule has 4 aromatic rings. The summed E-state index contributed by atoms with van der Waals surface area (Å²) in [6.45, 7) is 7.21. The number of ether oxygens (including phenoxy) is 2. The van der Waals surface area contributed by atoms with E-state index in [1.165, 1.54) is 140 Å². The molecule has 0 N–H and O–H groups in total. The van der Waals surface area contributed by atoms with Gasteiger partial charge >= 0.3 is 59.1 Å². The van der Waals surface area contributed by atoms with Crippen LogP contribution in [0.2, 0.25) is 30.1 Å². The molecule has 0 amide bonds. The van der Waals surface area contributed by atoms with Crippen LogP contribution in [0.3, 0.4) is 0 Å². The molecule has 0 radical (unpaired) electrons. The number of hydrogen-bond acceptors (Lipinski definition) is 4. The van der Waals surface area contributed by atoms with Crippen molar-refractivity contribution in [3.63, 3.8) is 0 Å². The second kappa shape index (κ2) is 41.9. The molecular weight excluding hydrogens is 1020 g/mol. The Balaban J connectivity index is -0.000000383. The maximum absolute atomic E-state index is 11.5. The second-order valence-electron chi connectivity index (χ2n) is 17.5. The molecule has 0 fully saturated rings. The first-order valence-electron chi connectivity index (χ1n) is 22.0. The van der Waals surface area contributed by atoms with E-state index in [0.29, 0.717) is 41.6 Å². The fraction of sp³-hybridized carbons (Fsp3) is 0.520. The summed E-state index contributed by atoms with van der Waals surface area (Å²) in [5.74, 6) is 0.468. The first-order chi connectivity index (χ1) is 29.2. The standard InChI is InChI=1S/2C13H30N.2C12H7Cl3O2.2ClH.2Na/c2*1-5-6-7-8-9-10-11-12-13-14(2,3)4;2*13-7-1-3-11(9(15)5-7)17-12-4-2-8(14)6-10(12)16;;;;/h2*5-13H2,1-4H3;2*1-6,16H;2*1H;;/q2*+1;;;;;2*+1/p-4. The predicted molar refractivity (Wildman–Crippen MR) is 266 cm³/mol. The molecule has 66 heavy (non-hydrogen) atoms. The molecule has 0 saturated carbocycles. The van der Waals surface area contributed by atoms with E-state index in [4.69, 9.17) is 79.1 Å². The molecule has 6 nitrogen and oxygen atoms in total. The zero-order chi connectivity index (χ0) is 46.6. The van der Waals surface area contributed by atoms with E-state index >= 15 is 0 Å². The fourth-order valence-electron chi connectivity index (χ4n) is 5.93. The Morgan fingerprint density at radius 2 is 0.621 bits per heavy atom. The molecule has 364 valence electrons. The van der Waals surface area contributed by atoms with Crippen LogP contribution in [0, 0.1) is 0 Å². The number of unbranched alkanes of at least 4 members (excludes halogenated alkanes) is 14. The number of nitrogens with zero attached hydrogens (tertiary/aromatic N) is 2. The van der Waals surface area contributed by atoms with Crippen molar-refractivity contribution < 1.29 is 113 Å². The van der Waals surface area contributed by atoms with E-state index in [0.717, 1.165) is 8.97 Å². The number of rotatable bonds is 22. The summed E-state index contributed by atoms with van der Waals surface area (Å²) in [4.78, 5) is 0. The molecule has 0 spiro atoms. The van der Waals surface area contributed by atoms with Crippen LogP contribution < -0.4 is 104 Å². The molecule has 0 atom stereocenters. The van der Waals surface area contributed by atoms with Crippen molar-refractivity contribution in [2.45, 2.75) is 117 Å².